The first-order valence-electron chi connectivity index (χ1n) is 8.42. The standard InChI is InChI=1S/C17H19N7OS/c1-10-8-18-17(26-10)22-15-7-14(20-11(2)21-15)12-4-6-24(9-12)16(25)13-3-5-19-23-13/h3,5,7-8,12H,4,6,9H2,1-2H3,(H,19,23)(H,18,20,21,22)/t12-/m1/s1. The molecule has 0 aliphatic carbocycles. The zero-order chi connectivity index (χ0) is 18.1. The van der Waals surface area contributed by atoms with Crippen LogP contribution < -0.4 is 5.32 Å². The van der Waals surface area contributed by atoms with E-state index >= 15 is 0 Å². The van der Waals surface area contributed by atoms with Crippen LogP contribution in [-0.2, 0) is 0 Å². The summed E-state index contributed by atoms with van der Waals surface area (Å²) in [6.45, 7) is 5.25. The molecule has 0 aromatic carbocycles. The molecular formula is C17H19N7OS. The highest BCUT2D eigenvalue weighted by atomic mass is 32.1. The Hall–Kier alpha value is -2.81. The van der Waals surface area contributed by atoms with Gasteiger partial charge in [-0.3, -0.25) is 9.89 Å². The first-order chi connectivity index (χ1) is 12.6. The highest BCUT2D eigenvalue weighted by Gasteiger charge is 2.29. The number of anilines is 2. The van der Waals surface area contributed by atoms with Crippen LogP contribution in [0.3, 0.4) is 0 Å². The molecule has 134 valence electrons. The fourth-order valence-electron chi connectivity index (χ4n) is 3.12. The van der Waals surface area contributed by atoms with Crippen molar-refractivity contribution >= 4 is 28.2 Å². The first-order valence-corrected chi connectivity index (χ1v) is 9.24. The third kappa shape index (κ3) is 3.43. The van der Waals surface area contributed by atoms with Crippen LogP contribution in [0, 0.1) is 13.8 Å². The third-order valence-corrected chi connectivity index (χ3v) is 5.17. The number of nitrogens with one attached hydrogen (secondary N) is 2. The fraction of sp³-hybridized carbons (Fsp3) is 0.353. The van der Waals surface area contributed by atoms with Crippen molar-refractivity contribution in [3.63, 3.8) is 0 Å². The van der Waals surface area contributed by atoms with E-state index < -0.39 is 0 Å². The van der Waals surface area contributed by atoms with Gasteiger partial charge in [-0.25, -0.2) is 15.0 Å². The van der Waals surface area contributed by atoms with Crippen LogP contribution >= 0.6 is 11.3 Å². The van der Waals surface area contributed by atoms with Crippen LogP contribution in [0.25, 0.3) is 0 Å². The van der Waals surface area contributed by atoms with Gasteiger partial charge in [0.1, 0.15) is 17.3 Å². The highest BCUT2D eigenvalue weighted by Crippen LogP contribution is 2.29. The maximum Gasteiger partial charge on any atom is 0.271 e. The number of rotatable bonds is 4. The second-order valence-electron chi connectivity index (χ2n) is 6.33. The molecule has 0 bridgehead atoms. The normalized spacial score (nSPS) is 16.8. The Morgan fingerprint density at radius 1 is 1.38 bits per heavy atom. The molecule has 0 radical (unpaired) electrons. The van der Waals surface area contributed by atoms with Crippen molar-refractivity contribution in [3.8, 4) is 0 Å². The zero-order valence-corrected chi connectivity index (χ0v) is 15.4. The Labute approximate surface area is 154 Å². The Kier molecular flexibility index (Phi) is 4.37. The molecule has 1 atom stereocenters. The van der Waals surface area contributed by atoms with Gasteiger partial charge < -0.3 is 10.2 Å². The van der Waals surface area contributed by atoms with Crippen molar-refractivity contribution in [1.29, 1.82) is 0 Å². The smallest absolute Gasteiger partial charge is 0.271 e. The summed E-state index contributed by atoms with van der Waals surface area (Å²) in [4.78, 5) is 28.8. The van der Waals surface area contributed by atoms with Gasteiger partial charge in [-0.1, -0.05) is 0 Å². The number of aryl methyl sites for hydroxylation is 2. The highest BCUT2D eigenvalue weighted by molar-refractivity contribution is 7.15. The van der Waals surface area contributed by atoms with Gasteiger partial charge in [0, 0.05) is 42.3 Å². The number of nitrogens with zero attached hydrogens (tertiary/aromatic N) is 5. The molecule has 4 rings (SSSR count). The van der Waals surface area contributed by atoms with E-state index in [9.17, 15) is 4.79 Å². The Morgan fingerprint density at radius 2 is 2.27 bits per heavy atom. The molecule has 9 heteroatoms. The van der Waals surface area contributed by atoms with E-state index in [-0.39, 0.29) is 11.8 Å². The van der Waals surface area contributed by atoms with Gasteiger partial charge in [0.15, 0.2) is 5.13 Å². The predicted octanol–water partition coefficient (Wildman–Crippen LogP) is 2.65. The second kappa shape index (κ2) is 6.83. The lowest BCUT2D eigenvalue weighted by Gasteiger charge is -2.16. The van der Waals surface area contributed by atoms with Gasteiger partial charge in [0.2, 0.25) is 0 Å². The van der Waals surface area contributed by atoms with E-state index in [1.165, 1.54) is 0 Å². The van der Waals surface area contributed by atoms with Gasteiger partial charge >= 0.3 is 0 Å². The number of hydrogen-bond acceptors (Lipinski definition) is 7. The number of H-pyrrole nitrogens is 1. The molecule has 0 saturated carbocycles. The summed E-state index contributed by atoms with van der Waals surface area (Å²) in [5.41, 5.74) is 1.47. The summed E-state index contributed by atoms with van der Waals surface area (Å²) in [5, 5.41) is 10.6. The minimum absolute atomic E-state index is 0.0209. The lowest BCUT2D eigenvalue weighted by Crippen LogP contribution is -2.28. The first kappa shape index (κ1) is 16.6. The van der Waals surface area contributed by atoms with Crippen molar-refractivity contribution in [3.05, 3.63) is 46.6 Å². The van der Waals surface area contributed by atoms with E-state index in [4.69, 9.17) is 0 Å². The lowest BCUT2D eigenvalue weighted by atomic mass is 10.0. The van der Waals surface area contributed by atoms with Crippen molar-refractivity contribution in [2.45, 2.75) is 26.2 Å². The van der Waals surface area contributed by atoms with Crippen molar-refractivity contribution < 1.29 is 4.79 Å². The van der Waals surface area contributed by atoms with Gasteiger partial charge in [-0.2, -0.15) is 5.10 Å². The van der Waals surface area contributed by atoms with Crippen molar-refractivity contribution in [2.24, 2.45) is 0 Å². The summed E-state index contributed by atoms with van der Waals surface area (Å²) in [5.74, 6) is 1.62. The van der Waals surface area contributed by atoms with Crippen LogP contribution in [0.1, 0.15) is 39.2 Å². The van der Waals surface area contributed by atoms with Crippen LogP contribution in [0.5, 0.6) is 0 Å². The van der Waals surface area contributed by atoms with E-state index in [2.05, 4.69) is 30.5 Å². The summed E-state index contributed by atoms with van der Waals surface area (Å²) in [6.07, 6.45) is 4.30. The van der Waals surface area contributed by atoms with E-state index in [1.807, 2.05) is 31.0 Å². The van der Waals surface area contributed by atoms with Crippen molar-refractivity contribution in [2.75, 3.05) is 18.4 Å². The summed E-state index contributed by atoms with van der Waals surface area (Å²) < 4.78 is 0. The molecule has 8 nitrogen and oxygen atoms in total. The number of aromatic amines is 1. The van der Waals surface area contributed by atoms with Crippen molar-refractivity contribution in [1.82, 2.24) is 30.0 Å². The van der Waals surface area contributed by atoms with E-state index in [0.29, 0.717) is 24.6 Å². The number of thiazole rings is 1. The van der Waals surface area contributed by atoms with Gasteiger partial charge in [-0.15, -0.1) is 11.3 Å². The second-order valence-corrected chi connectivity index (χ2v) is 7.57. The molecule has 1 aliphatic rings. The maximum atomic E-state index is 12.5. The molecule has 2 N–H and O–H groups in total. The zero-order valence-electron chi connectivity index (χ0n) is 14.6. The SMILES string of the molecule is Cc1nc(Nc2ncc(C)s2)cc([C@@H]2CCN(C(=O)c3ccn[nH]3)C2)n1. The van der Waals surface area contributed by atoms with Gasteiger partial charge in [0.05, 0.1) is 5.69 Å². The molecule has 3 aromatic rings. The summed E-state index contributed by atoms with van der Waals surface area (Å²) >= 11 is 1.58. The Morgan fingerprint density at radius 3 is 3.00 bits per heavy atom. The largest absolute Gasteiger partial charge is 0.337 e. The third-order valence-electron chi connectivity index (χ3n) is 4.34. The molecule has 1 saturated heterocycles. The van der Waals surface area contributed by atoms with Crippen LogP contribution in [0.4, 0.5) is 10.9 Å². The van der Waals surface area contributed by atoms with E-state index in [0.717, 1.165) is 27.9 Å². The number of hydrogen-bond donors (Lipinski definition) is 2. The number of amides is 1. The number of likely N-dealkylation sites (tertiary alicyclic amines) is 1. The van der Waals surface area contributed by atoms with Gasteiger partial charge in [0.25, 0.3) is 5.91 Å². The van der Waals surface area contributed by atoms with Crippen LogP contribution in [0.15, 0.2) is 24.5 Å². The minimum atomic E-state index is -0.0209. The summed E-state index contributed by atoms with van der Waals surface area (Å²) in [6, 6.07) is 3.65. The molecule has 4 heterocycles. The molecule has 1 fully saturated rings. The predicted molar refractivity (Wildman–Crippen MR) is 98.8 cm³/mol. The molecule has 3 aromatic heterocycles. The molecule has 1 amide bonds. The average molecular weight is 369 g/mol. The van der Waals surface area contributed by atoms with Crippen LogP contribution in [0.2, 0.25) is 0 Å². The summed E-state index contributed by atoms with van der Waals surface area (Å²) in [7, 11) is 0. The molecule has 1 aliphatic heterocycles. The molecule has 0 unspecified atom stereocenters. The fourth-order valence-corrected chi connectivity index (χ4v) is 3.79. The minimum Gasteiger partial charge on any atom is -0.337 e. The maximum absolute atomic E-state index is 12.5. The lowest BCUT2D eigenvalue weighted by molar-refractivity contribution is 0.0785. The average Bonchev–Trinajstić information content (AvgIpc) is 3.36. The topological polar surface area (TPSA) is 99.7 Å². The van der Waals surface area contributed by atoms with E-state index in [1.54, 1.807) is 23.6 Å². The number of carbonyl (C=O) groups excluding carboxylic acids is 1. The Bertz CT molecular complexity index is 921. The monoisotopic (exact) mass is 369 g/mol. The molecule has 26 heavy (non-hydrogen) atoms. The molecular weight excluding hydrogens is 350 g/mol. The number of aromatic nitrogens is 5. The number of carbonyl (C=O) groups is 1. The van der Waals surface area contributed by atoms with Crippen LogP contribution in [-0.4, -0.2) is 49.0 Å². The van der Waals surface area contributed by atoms with Gasteiger partial charge in [-0.05, 0) is 26.3 Å². The molecule has 0 spiro atoms. The quantitative estimate of drug-likeness (QED) is 0.733. The Balaban J connectivity index is 1.50.